The van der Waals surface area contributed by atoms with Gasteiger partial charge in [-0.05, 0) is 11.6 Å². The van der Waals surface area contributed by atoms with E-state index >= 15 is 0 Å². The third-order valence-corrected chi connectivity index (χ3v) is 4.46. The normalized spacial score (nSPS) is 20.7. The standard InChI is InChI=1S/C16H13F3N4/c17-10-5-12(19)11(18)3-8(10)9-4-16-22-14-6-21-2-1-15(14)23(16)7-13(9)20/h1-3,5-6,9,13H,4,7,20H2/p+1/t9-,13+/m1/s1. The Balaban J connectivity index is 1.79. The summed E-state index contributed by atoms with van der Waals surface area (Å²) < 4.78 is 42.7. The minimum Gasteiger partial charge on any atom is -0.324 e. The van der Waals surface area contributed by atoms with Gasteiger partial charge in [-0.1, -0.05) is 0 Å². The van der Waals surface area contributed by atoms with E-state index < -0.39 is 29.4 Å². The van der Waals surface area contributed by atoms with Crippen LogP contribution in [0.25, 0.3) is 11.0 Å². The number of H-pyrrole nitrogens is 1. The number of nitrogens with two attached hydrogens (primary N) is 1. The molecule has 1 aliphatic rings. The van der Waals surface area contributed by atoms with Crippen LogP contribution in [0.15, 0.2) is 30.6 Å². The summed E-state index contributed by atoms with van der Waals surface area (Å²) in [5, 5.41) is 0. The predicted molar refractivity (Wildman–Crippen MR) is 77.0 cm³/mol. The molecule has 2 aromatic heterocycles. The Hall–Kier alpha value is -2.41. The van der Waals surface area contributed by atoms with E-state index in [4.69, 9.17) is 5.73 Å². The van der Waals surface area contributed by atoms with Gasteiger partial charge in [0.25, 0.3) is 5.82 Å². The number of aromatic amines is 1. The van der Waals surface area contributed by atoms with Crippen LogP contribution in [0.4, 0.5) is 13.2 Å². The predicted octanol–water partition coefficient (Wildman–Crippen LogP) is 1.93. The molecule has 1 aromatic carbocycles. The first-order chi connectivity index (χ1) is 11.0. The summed E-state index contributed by atoms with van der Waals surface area (Å²) in [6.07, 6.45) is 3.81. The number of imidazole rings is 1. The van der Waals surface area contributed by atoms with Crippen molar-refractivity contribution in [2.75, 3.05) is 0 Å². The number of nitrogens with one attached hydrogen (secondary N) is 1. The molecule has 3 heterocycles. The Bertz CT molecular complexity index is 906. The largest absolute Gasteiger partial charge is 0.324 e. The van der Waals surface area contributed by atoms with Crippen molar-refractivity contribution in [3.05, 3.63) is 59.4 Å². The van der Waals surface area contributed by atoms with E-state index in [1.165, 1.54) is 0 Å². The lowest BCUT2D eigenvalue weighted by molar-refractivity contribution is -0.686. The van der Waals surface area contributed by atoms with Crippen LogP contribution in [0.5, 0.6) is 0 Å². The molecule has 0 bridgehead atoms. The zero-order valence-corrected chi connectivity index (χ0v) is 12.1. The summed E-state index contributed by atoms with van der Waals surface area (Å²) in [6, 6.07) is 2.96. The van der Waals surface area contributed by atoms with E-state index in [-0.39, 0.29) is 5.56 Å². The van der Waals surface area contributed by atoms with Crippen LogP contribution < -0.4 is 10.3 Å². The number of hydrogen-bond acceptors (Lipinski definition) is 2. The van der Waals surface area contributed by atoms with E-state index in [0.717, 1.165) is 22.9 Å². The van der Waals surface area contributed by atoms with Gasteiger partial charge in [0.1, 0.15) is 12.4 Å². The lowest BCUT2D eigenvalue weighted by Gasteiger charge is -2.26. The van der Waals surface area contributed by atoms with Crippen LogP contribution in [-0.2, 0) is 13.0 Å². The monoisotopic (exact) mass is 319 g/mol. The lowest BCUT2D eigenvalue weighted by Crippen LogP contribution is -2.53. The third kappa shape index (κ3) is 2.19. The molecule has 3 N–H and O–H groups in total. The Morgan fingerprint density at radius 1 is 1.17 bits per heavy atom. The zero-order valence-electron chi connectivity index (χ0n) is 12.1. The number of pyridine rings is 1. The number of halogens is 3. The quantitative estimate of drug-likeness (QED) is 0.532. The van der Waals surface area contributed by atoms with Gasteiger partial charge in [0, 0.05) is 24.2 Å². The highest BCUT2D eigenvalue weighted by atomic mass is 19.2. The number of nitrogens with zero attached hydrogens (tertiary/aromatic N) is 2. The molecule has 4 rings (SSSR count). The molecule has 0 unspecified atom stereocenters. The molecule has 0 spiro atoms. The van der Waals surface area contributed by atoms with Gasteiger partial charge in [0.15, 0.2) is 22.7 Å². The average Bonchev–Trinajstić information content (AvgIpc) is 2.88. The van der Waals surface area contributed by atoms with Crippen LogP contribution >= 0.6 is 0 Å². The first kappa shape index (κ1) is 14.2. The molecule has 0 saturated carbocycles. The molecule has 23 heavy (non-hydrogen) atoms. The van der Waals surface area contributed by atoms with Gasteiger partial charge in [0.05, 0.1) is 18.7 Å². The SMILES string of the molecule is N[C@H]1C[n+]2c([nH]c3cnccc32)C[C@@H]1c1cc(F)c(F)cc1F. The number of hydrogen-bond donors (Lipinski definition) is 2. The molecular weight excluding hydrogens is 305 g/mol. The van der Waals surface area contributed by atoms with Gasteiger partial charge in [-0.3, -0.25) is 4.98 Å². The average molecular weight is 319 g/mol. The molecule has 0 aliphatic carbocycles. The zero-order chi connectivity index (χ0) is 16.1. The van der Waals surface area contributed by atoms with Crippen molar-refractivity contribution < 1.29 is 17.7 Å². The van der Waals surface area contributed by atoms with Crippen molar-refractivity contribution in [2.24, 2.45) is 5.73 Å². The van der Waals surface area contributed by atoms with E-state index in [1.807, 2.05) is 10.6 Å². The maximum Gasteiger partial charge on any atom is 0.255 e. The first-order valence-corrected chi connectivity index (χ1v) is 7.29. The van der Waals surface area contributed by atoms with E-state index in [2.05, 4.69) is 9.97 Å². The number of fused-ring (bicyclic) bond motifs is 3. The van der Waals surface area contributed by atoms with Crippen LogP contribution in [-0.4, -0.2) is 16.0 Å². The van der Waals surface area contributed by atoms with Crippen LogP contribution in [0.1, 0.15) is 17.3 Å². The number of aromatic nitrogens is 3. The molecule has 0 radical (unpaired) electrons. The van der Waals surface area contributed by atoms with E-state index in [0.29, 0.717) is 19.0 Å². The number of benzene rings is 1. The van der Waals surface area contributed by atoms with Crippen LogP contribution in [0, 0.1) is 17.5 Å². The highest BCUT2D eigenvalue weighted by Gasteiger charge is 2.36. The highest BCUT2D eigenvalue weighted by molar-refractivity contribution is 5.69. The highest BCUT2D eigenvalue weighted by Crippen LogP contribution is 2.30. The maximum absolute atomic E-state index is 14.1. The first-order valence-electron chi connectivity index (χ1n) is 7.29. The van der Waals surface area contributed by atoms with Crippen molar-refractivity contribution in [3.63, 3.8) is 0 Å². The van der Waals surface area contributed by atoms with Gasteiger partial charge < -0.3 is 5.73 Å². The second-order valence-electron chi connectivity index (χ2n) is 5.84. The van der Waals surface area contributed by atoms with Crippen molar-refractivity contribution in [3.8, 4) is 0 Å². The van der Waals surface area contributed by atoms with Gasteiger partial charge in [0.2, 0.25) is 0 Å². The summed E-state index contributed by atoms with van der Waals surface area (Å²) in [6.45, 7) is 0.461. The summed E-state index contributed by atoms with van der Waals surface area (Å²) in [7, 11) is 0. The Morgan fingerprint density at radius 2 is 1.96 bits per heavy atom. The topological polar surface area (TPSA) is 58.6 Å². The van der Waals surface area contributed by atoms with Gasteiger partial charge in [-0.25, -0.2) is 22.7 Å². The van der Waals surface area contributed by atoms with Crippen molar-refractivity contribution in [2.45, 2.75) is 24.9 Å². The second kappa shape index (κ2) is 5.06. The van der Waals surface area contributed by atoms with Crippen molar-refractivity contribution >= 4 is 11.0 Å². The molecule has 0 fully saturated rings. The fraction of sp³-hybridized carbons (Fsp3) is 0.250. The van der Waals surface area contributed by atoms with E-state index in [1.54, 1.807) is 12.4 Å². The van der Waals surface area contributed by atoms with E-state index in [9.17, 15) is 13.2 Å². The smallest absolute Gasteiger partial charge is 0.255 e. The molecule has 0 saturated heterocycles. The third-order valence-electron chi connectivity index (χ3n) is 4.46. The van der Waals surface area contributed by atoms with Crippen molar-refractivity contribution in [1.82, 2.24) is 9.97 Å². The molecule has 1 aliphatic heterocycles. The Morgan fingerprint density at radius 3 is 2.78 bits per heavy atom. The molecular formula is C16H14F3N4+. The summed E-state index contributed by atoms with van der Waals surface area (Å²) in [4.78, 5) is 7.30. The van der Waals surface area contributed by atoms with Crippen LogP contribution in [0.3, 0.4) is 0 Å². The summed E-state index contributed by atoms with van der Waals surface area (Å²) >= 11 is 0. The second-order valence-corrected chi connectivity index (χ2v) is 5.84. The van der Waals surface area contributed by atoms with Crippen LogP contribution in [0.2, 0.25) is 0 Å². The van der Waals surface area contributed by atoms with Crippen molar-refractivity contribution in [1.29, 1.82) is 0 Å². The minimum absolute atomic E-state index is 0.111. The molecule has 7 heteroatoms. The number of rotatable bonds is 1. The fourth-order valence-corrected chi connectivity index (χ4v) is 3.32. The maximum atomic E-state index is 14.1. The molecule has 4 nitrogen and oxygen atoms in total. The molecule has 3 aromatic rings. The molecule has 118 valence electrons. The Labute approximate surface area is 129 Å². The minimum atomic E-state index is -1.19. The molecule has 2 atom stereocenters. The lowest BCUT2D eigenvalue weighted by atomic mass is 9.86. The summed E-state index contributed by atoms with van der Waals surface area (Å²) in [5.74, 6) is -2.58. The molecule has 0 amide bonds. The Kier molecular flexibility index (Phi) is 3.12. The summed E-state index contributed by atoms with van der Waals surface area (Å²) in [5.41, 5.74) is 8.14. The van der Waals surface area contributed by atoms with Gasteiger partial charge >= 0.3 is 0 Å². The van der Waals surface area contributed by atoms with Gasteiger partial charge in [-0.15, -0.1) is 0 Å². The van der Waals surface area contributed by atoms with Gasteiger partial charge in [-0.2, -0.15) is 0 Å². The fourth-order valence-electron chi connectivity index (χ4n) is 3.32.